The molecule has 0 spiro atoms. The van der Waals surface area contributed by atoms with Gasteiger partial charge in [-0.3, -0.25) is 4.79 Å². The number of carbonyl (C=O) groups is 2. The lowest BCUT2D eigenvalue weighted by atomic mass is 9.63. The van der Waals surface area contributed by atoms with E-state index in [1.54, 1.807) is 7.11 Å². The van der Waals surface area contributed by atoms with Crippen molar-refractivity contribution in [2.45, 2.75) is 51.4 Å². The van der Waals surface area contributed by atoms with Gasteiger partial charge in [0.1, 0.15) is 17.1 Å². The summed E-state index contributed by atoms with van der Waals surface area (Å²) < 4.78 is 21.3. The number of methoxy groups -OCH3 is 1. The van der Waals surface area contributed by atoms with E-state index in [0.717, 1.165) is 12.8 Å². The van der Waals surface area contributed by atoms with E-state index in [1.165, 1.54) is 29.3 Å². The molecule has 1 N–H and O–H groups in total. The molecule has 2 aromatic carbocycles. The van der Waals surface area contributed by atoms with Crippen LogP contribution in [0.3, 0.4) is 0 Å². The van der Waals surface area contributed by atoms with Crippen molar-refractivity contribution in [3.63, 3.8) is 0 Å². The number of rotatable bonds is 11. The van der Waals surface area contributed by atoms with Crippen LogP contribution in [-0.2, 0) is 20.3 Å². The summed E-state index contributed by atoms with van der Waals surface area (Å²) in [5, 5.41) is 9.40. The quantitative estimate of drug-likeness (QED) is 0.281. The fraction of sp³-hybridized carbons (Fsp3) is 0.481. The highest BCUT2D eigenvalue weighted by molar-refractivity contribution is 5.97. The van der Waals surface area contributed by atoms with Crippen molar-refractivity contribution in [3.05, 3.63) is 58.7 Å². The summed E-state index contributed by atoms with van der Waals surface area (Å²) in [5.74, 6) is -0.832. The molecule has 0 saturated carbocycles. The Morgan fingerprint density at radius 2 is 1.62 bits per heavy atom. The van der Waals surface area contributed by atoms with Crippen LogP contribution in [0, 0.1) is 0 Å². The fourth-order valence-electron chi connectivity index (χ4n) is 4.19. The summed E-state index contributed by atoms with van der Waals surface area (Å²) in [6, 6.07) is 10.3. The number of fused-ring (bicyclic) bond motifs is 1. The van der Waals surface area contributed by atoms with Crippen molar-refractivity contribution >= 4 is 11.8 Å². The number of carboxylic acids is 1. The van der Waals surface area contributed by atoms with Gasteiger partial charge in [-0.15, -0.1) is 0 Å². The van der Waals surface area contributed by atoms with Crippen LogP contribution in [0.2, 0.25) is 0 Å². The summed E-state index contributed by atoms with van der Waals surface area (Å²) in [5.41, 5.74) is 3.18. The van der Waals surface area contributed by atoms with E-state index < -0.39 is 5.97 Å². The van der Waals surface area contributed by atoms with Crippen molar-refractivity contribution in [1.82, 2.24) is 0 Å². The topological polar surface area (TPSA) is 91.3 Å². The van der Waals surface area contributed by atoms with Crippen LogP contribution in [-0.4, -0.2) is 50.6 Å². The molecule has 0 saturated heterocycles. The van der Waals surface area contributed by atoms with Crippen LogP contribution >= 0.6 is 0 Å². The van der Waals surface area contributed by atoms with Gasteiger partial charge in [0.25, 0.3) is 0 Å². The van der Waals surface area contributed by atoms with Crippen molar-refractivity contribution < 1.29 is 33.6 Å². The van der Waals surface area contributed by atoms with Crippen molar-refractivity contribution in [2.75, 3.05) is 33.7 Å². The number of aromatic carboxylic acids is 1. The second kappa shape index (κ2) is 10.6. The van der Waals surface area contributed by atoms with Gasteiger partial charge in [-0.1, -0.05) is 39.8 Å². The third kappa shape index (κ3) is 5.96. The Morgan fingerprint density at radius 3 is 2.29 bits per heavy atom. The first-order valence-corrected chi connectivity index (χ1v) is 11.4. The standard InChI is InChI=1S/C27H34O7/c1-26(2)10-11-27(3,4)22-14-18(6-9-21(22)26)23(28)16-33-19-7-8-20(25(29)30)24(15-19)34-17-32-13-12-31-5/h6-9,14-15H,10-13,16-17H2,1-5H3,(H,29,30). The van der Waals surface area contributed by atoms with Crippen molar-refractivity contribution in [2.24, 2.45) is 0 Å². The zero-order valence-electron chi connectivity index (χ0n) is 20.6. The maximum absolute atomic E-state index is 12.9. The summed E-state index contributed by atoms with van der Waals surface area (Å²) in [4.78, 5) is 24.4. The largest absolute Gasteiger partial charge is 0.485 e. The number of carbonyl (C=O) groups excluding carboxylic acids is 1. The molecular weight excluding hydrogens is 436 g/mol. The molecule has 0 amide bonds. The molecule has 0 bridgehead atoms. The van der Waals surface area contributed by atoms with Crippen LogP contribution in [0.25, 0.3) is 0 Å². The molecule has 34 heavy (non-hydrogen) atoms. The average Bonchev–Trinajstić information content (AvgIpc) is 2.80. The first-order valence-electron chi connectivity index (χ1n) is 11.4. The number of benzene rings is 2. The maximum atomic E-state index is 12.9. The van der Waals surface area contributed by atoms with Crippen LogP contribution in [0.15, 0.2) is 36.4 Å². The number of hydrogen-bond acceptors (Lipinski definition) is 6. The number of carboxylic acid groups (broad SMARTS) is 1. The SMILES string of the molecule is COCCOCOc1cc(OCC(=O)c2ccc3c(c2)C(C)(C)CCC3(C)C)ccc1C(=O)O. The minimum Gasteiger partial charge on any atom is -0.485 e. The van der Waals surface area contributed by atoms with E-state index in [9.17, 15) is 14.7 Å². The number of Topliss-reactive ketones (excluding diaryl/α,β-unsaturated/α-hetero) is 1. The first-order chi connectivity index (χ1) is 16.0. The zero-order valence-corrected chi connectivity index (χ0v) is 20.6. The normalized spacial score (nSPS) is 15.9. The van der Waals surface area contributed by atoms with Gasteiger partial charge in [-0.2, -0.15) is 0 Å². The lowest BCUT2D eigenvalue weighted by Crippen LogP contribution is -2.34. The third-order valence-corrected chi connectivity index (χ3v) is 6.46. The maximum Gasteiger partial charge on any atom is 0.339 e. The molecular formula is C27H34O7. The second-order valence-corrected chi connectivity index (χ2v) is 9.87. The smallest absolute Gasteiger partial charge is 0.339 e. The van der Waals surface area contributed by atoms with Gasteiger partial charge in [-0.05, 0) is 53.0 Å². The number of ketones is 1. The van der Waals surface area contributed by atoms with Gasteiger partial charge in [-0.25, -0.2) is 4.79 Å². The van der Waals surface area contributed by atoms with Crippen LogP contribution in [0.4, 0.5) is 0 Å². The van der Waals surface area contributed by atoms with Gasteiger partial charge < -0.3 is 24.1 Å². The fourth-order valence-corrected chi connectivity index (χ4v) is 4.19. The predicted octanol–water partition coefficient (Wildman–Crippen LogP) is 4.99. The van der Waals surface area contributed by atoms with Gasteiger partial charge in [0.05, 0.1) is 13.2 Å². The molecule has 2 aromatic rings. The highest BCUT2D eigenvalue weighted by Gasteiger charge is 2.37. The Bertz CT molecular complexity index is 1040. The molecule has 3 rings (SSSR count). The molecule has 0 aliphatic heterocycles. The van der Waals surface area contributed by atoms with E-state index >= 15 is 0 Å². The molecule has 1 aliphatic carbocycles. The second-order valence-electron chi connectivity index (χ2n) is 9.87. The molecule has 0 unspecified atom stereocenters. The van der Waals surface area contributed by atoms with E-state index in [1.807, 2.05) is 12.1 Å². The highest BCUT2D eigenvalue weighted by Crippen LogP contribution is 2.45. The molecule has 184 valence electrons. The lowest BCUT2D eigenvalue weighted by Gasteiger charge is -2.42. The third-order valence-electron chi connectivity index (χ3n) is 6.46. The van der Waals surface area contributed by atoms with Crippen LogP contribution in [0.1, 0.15) is 72.4 Å². The predicted molar refractivity (Wildman–Crippen MR) is 128 cm³/mol. The van der Waals surface area contributed by atoms with Crippen molar-refractivity contribution in [1.29, 1.82) is 0 Å². The van der Waals surface area contributed by atoms with E-state index in [2.05, 4.69) is 33.8 Å². The lowest BCUT2D eigenvalue weighted by molar-refractivity contribution is -0.00905. The highest BCUT2D eigenvalue weighted by atomic mass is 16.7. The van der Waals surface area contributed by atoms with Gasteiger partial charge in [0.2, 0.25) is 0 Å². The van der Waals surface area contributed by atoms with Crippen LogP contribution < -0.4 is 9.47 Å². The first kappa shape index (κ1) is 25.7. The monoisotopic (exact) mass is 470 g/mol. The van der Waals surface area contributed by atoms with E-state index in [0.29, 0.717) is 24.5 Å². The molecule has 7 heteroatoms. The minimum atomic E-state index is -1.13. The molecule has 0 fully saturated rings. The zero-order chi connectivity index (χ0) is 24.9. The summed E-state index contributed by atoms with van der Waals surface area (Å²) in [6.45, 7) is 9.35. The summed E-state index contributed by atoms with van der Waals surface area (Å²) in [7, 11) is 1.56. The Labute approximate surface area is 201 Å². The Morgan fingerprint density at radius 1 is 0.912 bits per heavy atom. The van der Waals surface area contributed by atoms with E-state index in [4.69, 9.17) is 18.9 Å². The molecule has 0 atom stereocenters. The Kier molecular flexibility index (Phi) is 8.00. The van der Waals surface area contributed by atoms with Crippen molar-refractivity contribution in [3.8, 4) is 11.5 Å². The number of ether oxygens (including phenoxy) is 4. The average molecular weight is 471 g/mol. The Hall–Kier alpha value is -2.90. The summed E-state index contributed by atoms with van der Waals surface area (Å²) >= 11 is 0. The molecule has 1 aliphatic rings. The molecule has 0 heterocycles. The van der Waals surface area contributed by atoms with E-state index in [-0.39, 0.29) is 41.3 Å². The summed E-state index contributed by atoms with van der Waals surface area (Å²) in [6.07, 6.45) is 2.17. The minimum absolute atomic E-state index is 0.00618. The molecule has 0 radical (unpaired) electrons. The van der Waals surface area contributed by atoms with Gasteiger partial charge in [0, 0.05) is 18.7 Å². The molecule has 7 nitrogen and oxygen atoms in total. The Balaban J connectivity index is 1.71. The number of hydrogen-bond donors (Lipinski definition) is 1. The van der Waals surface area contributed by atoms with Gasteiger partial charge in [0.15, 0.2) is 19.2 Å². The molecule has 0 aromatic heterocycles. The van der Waals surface area contributed by atoms with Gasteiger partial charge >= 0.3 is 5.97 Å². The van der Waals surface area contributed by atoms with Crippen LogP contribution in [0.5, 0.6) is 11.5 Å².